The van der Waals surface area contributed by atoms with Crippen LogP contribution in [0.3, 0.4) is 0 Å². The van der Waals surface area contributed by atoms with Crippen molar-refractivity contribution in [1.82, 2.24) is 0 Å². The van der Waals surface area contributed by atoms with Gasteiger partial charge in [-0.3, -0.25) is 4.55 Å². The predicted molar refractivity (Wildman–Crippen MR) is 125 cm³/mol. The largest absolute Gasteiger partial charge is 0.393 e. The average molecular weight is 435 g/mol. The molecule has 0 aliphatic carbocycles. The van der Waals surface area contributed by atoms with E-state index in [-0.39, 0.29) is 0 Å². The van der Waals surface area contributed by atoms with Crippen molar-refractivity contribution >= 4 is 10.1 Å². The van der Waals surface area contributed by atoms with Crippen LogP contribution in [-0.4, -0.2) is 29.4 Å². The summed E-state index contributed by atoms with van der Waals surface area (Å²) in [4.78, 5) is 0. The fourth-order valence-electron chi connectivity index (χ4n) is 3.97. The number of unbranched alkanes of at least 4 members (excludes halogenated alkanes) is 14. The molecule has 0 aliphatic rings. The summed E-state index contributed by atoms with van der Waals surface area (Å²) in [5.74, 6) is 0. The van der Waals surface area contributed by atoms with Gasteiger partial charge in [-0.25, -0.2) is 0 Å². The van der Waals surface area contributed by atoms with Crippen LogP contribution in [0.4, 0.5) is 0 Å². The van der Waals surface area contributed by atoms with Crippen molar-refractivity contribution in [1.29, 1.82) is 0 Å². The van der Waals surface area contributed by atoms with Crippen molar-refractivity contribution < 1.29 is 18.1 Å². The number of hydrogen-bond acceptors (Lipinski definition) is 3. The first-order chi connectivity index (χ1) is 13.9. The van der Waals surface area contributed by atoms with Gasteiger partial charge in [0.1, 0.15) is 0 Å². The van der Waals surface area contributed by atoms with Crippen molar-refractivity contribution in [2.45, 2.75) is 154 Å². The Balaban J connectivity index is 3.50. The van der Waals surface area contributed by atoms with Crippen LogP contribution in [0.15, 0.2) is 0 Å². The molecule has 2 N–H and O–H groups in total. The lowest BCUT2D eigenvalue weighted by Gasteiger charge is -2.16. The Morgan fingerprint density at radius 1 is 0.552 bits per heavy atom. The molecule has 2 unspecified atom stereocenters. The van der Waals surface area contributed by atoms with Crippen molar-refractivity contribution in [2.75, 3.05) is 0 Å². The third-order valence-electron chi connectivity index (χ3n) is 6.01. The maximum Gasteiger partial charge on any atom is 0.267 e. The number of aliphatic hydroxyl groups excluding tert-OH is 1. The molecule has 5 heteroatoms. The summed E-state index contributed by atoms with van der Waals surface area (Å²) < 4.78 is 32.2. The number of aliphatic hydroxyl groups is 1. The van der Waals surface area contributed by atoms with Crippen LogP contribution >= 0.6 is 0 Å². The van der Waals surface area contributed by atoms with E-state index in [9.17, 15) is 18.1 Å². The summed E-state index contributed by atoms with van der Waals surface area (Å²) in [6, 6.07) is 0. The van der Waals surface area contributed by atoms with E-state index in [0.29, 0.717) is 19.3 Å². The first-order valence-corrected chi connectivity index (χ1v) is 14.1. The van der Waals surface area contributed by atoms with Gasteiger partial charge in [0.15, 0.2) is 0 Å². The maximum atomic E-state index is 11.4. The fourth-order valence-corrected chi connectivity index (χ4v) is 4.87. The first kappa shape index (κ1) is 28.9. The van der Waals surface area contributed by atoms with Gasteiger partial charge in [-0.2, -0.15) is 8.42 Å². The number of hydrogen-bond donors (Lipinski definition) is 2. The highest BCUT2D eigenvalue weighted by atomic mass is 32.2. The zero-order valence-electron chi connectivity index (χ0n) is 19.4. The van der Waals surface area contributed by atoms with Gasteiger partial charge in [0.05, 0.1) is 11.4 Å². The zero-order valence-corrected chi connectivity index (χ0v) is 20.2. The number of rotatable bonds is 22. The molecule has 0 amide bonds. The second-order valence-corrected chi connectivity index (χ2v) is 10.6. The first-order valence-electron chi connectivity index (χ1n) is 12.6. The highest BCUT2D eigenvalue weighted by Gasteiger charge is 2.23. The molecule has 0 fully saturated rings. The molecule has 0 radical (unpaired) electrons. The lowest BCUT2D eigenvalue weighted by atomic mass is 10.0. The van der Waals surface area contributed by atoms with Crippen molar-refractivity contribution in [3.63, 3.8) is 0 Å². The smallest absolute Gasteiger partial charge is 0.267 e. The third kappa shape index (κ3) is 19.6. The van der Waals surface area contributed by atoms with E-state index in [2.05, 4.69) is 6.92 Å². The van der Waals surface area contributed by atoms with Gasteiger partial charge >= 0.3 is 0 Å². The second kappa shape index (κ2) is 19.8. The summed E-state index contributed by atoms with van der Waals surface area (Å²) in [7, 11) is -3.99. The summed E-state index contributed by atoms with van der Waals surface area (Å²) >= 11 is 0. The van der Waals surface area contributed by atoms with Gasteiger partial charge in [0.25, 0.3) is 10.1 Å². The minimum Gasteiger partial charge on any atom is -0.393 e. The van der Waals surface area contributed by atoms with Gasteiger partial charge in [0.2, 0.25) is 0 Å². The van der Waals surface area contributed by atoms with Gasteiger partial charge in [-0.05, 0) is 25.7 Å². The summed E-state index contributed by atoms with van der Waals surface area (Å²) in [6.45, 7) is 4.27. The van der Waals surface area contributed by atoms with Gasteiger partial charge < -0.3 is 5.11 Å². The normalized spacial score (nSPS) is 14.2. The third-order valence-corrected chi connectivity index (χ3v) is 7.33. The topological polar surface area (TPSA) is 74.6 Å². The van der Waals surface area contributed by atoms with Crippen LogP contribution in [0.5, 0.6) is 0 Å². The fraction of sp³-hybridized carbons (Fsp3) is 1.00. The molecule has 0 aromatic carbocycles. The van der Waals surface area contributed by atoms with Crippen LogP contribution in [0, 0.1) is 0 Å². The molecule has 0 saturated carbocycles. The molecular formula is C24H50O4S. The molecule has 0 saturated heterocycles. The van der Waals surface area contributed by atoms with Crippen molar-refractivity contribution in [3.05, 3.63) is 0 Å². The molecule has 4 nitrogen and oxygen atoms in total. The second-order valence-electron chi connectivity index (χ2n) is 8.90. The maximum absolute atomic E-state index is 11.4. The van der Waals surface area contributed by atoms with Crippen LogP contribution in [-0.2, 0) is 10.1 Å². The zero-order chi connectivity index (χ0) is 21.8. The molecule has 0 rings (SSSR count). The Morgan fingerprint density at radius 2 is 0.966 bits per heavy atom. The van der Waals surface area contributed by atoms with Crippen molar-refractivity contribution in [2.24, 2.45) is 0 Å². The van der Waals surface area contributed by atoms with Gasteiger partial charge in [-0.1, -0.05) is 117 Å². The molecule has 0 aromatic heterocycles. The van der Waals surface area contributed by atoms with E-state index < -0.39 is 21.5 Å². The van der Waals surface area contributed by atoms with Gasteiger partial charge in [0, 0.05) is 0 Å². The Bertz CT molecular complexity index is 436. The van der Waals surface area contributed by atoms with E-state index >= 15 is 0 Å². The Hall–Kier alpha value is -0.130. The summed E-state index contributed by atoms with van der Waals surface area (Å²) in [5, 5.41) is 9.39. The van der Waals surface area contributed by atoms with Crippen LogP contribution in [0.2, 0.25) is 0 Å². The average Bonchev–Trinajstić information content (AvgIpc) is 2.67. The Kier molecular flexibility index (Phi) is 19.7. The Labute approximate surface area is 182 Å². The molecular weight excluding hydrogens is 384 g/mol. The predicted octanol–water partition coefficient (Wildman–Crippen LogP) is 7.45. The van der Waals surface area contributed by atoms with Gasteiger partial charge in [-0.15, -0.1) is 0 Å². The molecule has 2 atom stereocenters. The molecule has 0 aliphatic heterocycles. The van der Waals surface area contributed by atoms with Crippen LogP contribution in [0.25, 0.3) is 0 Å². The standard InChI is InChI=1S/C24H50O4S/c1-3-5-7-8-9-10-11-12-13-14-15-16-17-18-19-23(25)21-22-24(20-6-4-2)29(26,27)28/h23-25H,3-22H2,1-2H3,(H,26,27,28). The van der Waals surface area contributed by atoms with E-state index in [1.807, 2.05) is 6.92 Å². The van der Waals surface area contributed by atoms with Crippen LogP contribution in [0.1, 0.15) is 142 Å². The lowest BCUT2D eigenvalue weighted by molar-refractivity contribution is 0.147. The minimum absolute atomic E-state index is 0.360. The van der Waals surface area contributed by atoms with E-state index in [4.69, 9.17) is 0 Å². The minimum atomic E-state index is -3.99. The molecule has 176 valence electrons. The highest BCUT2D eigenvalue weighted by molar-refractivity contribution is 7.86. The van der Waals surface area contributed by atoms with E-state index in [1.165, 1.54) is 77.0 Å². The Morgan fingerprint density at radius 3 is 1.38 bits per heavy atom. The monoisotopic (exact) mass is 434 g/mol. The SMILES string of the molecule is CCCCCCCCCCCCCCCCC(O)CCC(CCCC)S(=O)(=O)O. The molecule has 0 heterocycles. The van der Waals surface area contributed by atoms with E-state index in [1.54, 1.807) is 0 Å². The molecule has 29 heavy (non-hydrogen) atoms. The molecule has 0 bridgehead atoms. The van der Waals surface area contributed by atoms with Crippen molar-refractivity contribution in [3.8, 4) is 0 Å². The quantitative estimate of drug-likeness (QED) is 0.137. The molecule has 0 aromatic rings. The summed E-state index contributed by atoms with van der Waals surface area (Å²) in [6.07, 6.45) is 21.8. The van der Waals surface area contributed by atoms with Crippen LogP contribution < -0.4 is 0 Å². The lowest BCUT2D eigenvalue weighted by Crippen LogP contribution is -2.22. The highest BCUT2D eigenvalue weighted by Crippen LogP contribution is 2.19. The molecule has 0 spiro atoms. The van der Waals surface area contributed by atoms with E-state index in [0.717, 1.165) is 32.1 Å². The summed E-state index contributed by atoms with van der Waals surface area (Å²) in [5.41, 5.74) is 0.